The van der Waals surface area contributed by atoms with Gasteiger partial charge in [-0.1, -0.05) is 32.9 Å². The van der Waals surface area contributed by atoms with Crippen LogP contribution in [0, 0.1) is 6.92 Å². The van der Waals surface area contributed by atoms with Crippen molar-refractivity contribution in [2.75, 3.05) is 27.9 Å². The maximum Gasteiger partial charge on any atom is 0.191 e. The average Bonchev–Trinajstić information content (AvgIpc) is 2.81. The third-order valence-corrected chi connectivity index (χ3v) is 11.9. The van der Waals surface area contributed by atoms with E-state index in [9.17, 15) is 5.11 Å². The van der Waals surface area contributed by atoms with E-state index in [1.54, 1.807) is 21.3 Å². The summed E-state index contributed by atoms with van der Waals surface area (Å²) in [5, 5.41) is 13.5. The van der Waals surface area contributed by atoms with Crippen molar-refractivity contribution < 1.29 is 23.7 Å². The van der Waals surface area contributed by atoms with Gasteiger partial charge < -0.3 is 23.7 Å². The zero-order valence-corrected chi connectivity index (χ0v) is 23.7. The lowest BCUT2D eigenvalue weighted by Gasteiger charge is -2.36. The average molecular weight is 497 g/mol. The fraction of sp³-hybridized carbons (Fsp3) is 0.448. The van der Waals surface area contributed by atoms with Gasteiger partial charge in [-0.25, -0.2) is 0 Å². The van der Waals surface area contributed by atoms with Gasteiger partial charge in [0.15, 0.2) is 8.32 Å². The highest BCUT2D eigenvalue weighted by atomic mass is 28.4. The first kappa shape index (κ1) is 26.9. The van der Waals surface area contributed by atoms with E-state index in [1.807, 2.05) is 43.3 Å². The molecule has 35 heavy (non-hydrogen) atoms. The molecule has 0 aromatic heterocycles. The molecule has 0 atom stereocenters. The third kappa shape index (κ3) is 5.59. The molecule has 0 spiro atoms. The Morgan fingerprint density at radius 3 is 2.09 bits per heavy atom. The molecule has 0 bridgehead atoms. The summed E-state index contributed by atoms with van der Waals surface area (Å²) >= 11 is 0. The Morgan fingerprint density at radius 2 is 1.54 bits per heavy atom. The zero-order chi connectivity index (χ0) is 26.0. The first-order valence-corrected chi connectivity index (χ1v) is 15.0. The highest BCUT2D eigenvalue weighted by Crippen LogP contribution is 2.43. The summed E-state index contributed by atoms with van der Waals surface area (Å²) in [6.07, 6.45) is 1.19. The van der Waals surface area contributed by atoms with Crippen LogP contribution in [0.5, 0.6) is 23.0 Å². The number of phenols is 1. The summed E-state index contributed by atoms with van der Waals surface area (Å²) in [6, 6.07) is 12.0. The van der Waals surface area contributed by atoms with Crippen molar-refractivity contribution >= 4 is 19.1 Å². The topological polar surface area (TPSA) is 57.2 Å². The molecule has 0 amide bonds. The second kappa shape index (κ2) is 10.5. The number of ether oxygens (including phenoxy) is 3. The van der Waals surface area contributed by atoms with E-state index in [1.165, 1.54) is 0 Å². The van der Waals surface area contributed by atoms with Crippen LogP contribution in [0.2, 0.25) is 18.1 Å². The first-order chi connectivity index (χ1) is 16.4. The lowest BCUT2D eigenvalue weighted by atomic mass is 9.91. The van der Waals surface area contributed by atoms with Crippen molar-refractivity contribution in [3.63, 3.8) is 0 Å². The molecule has 3 aromatic rings. The lowest BCUT2D eigenvalue weighted by Crippen LogP contribution is -2.41. The Kier molecular flexibility index (Phi) is 8.07. The summed E-state index contributed by atoms with van der Waals surface area (Å²) < 4.78 is 23.2. The smallest absolute Gasteiger partial charge is 0.191 e. The minimum absolute atomic E-state index is 0.134. The second-order valence-electron chi connectivity index (χ2n) is 10.6. The Hall–Kier alpha value is -2.70. The number of fused-ring (bicyclic) bond motifs is 1. The Morgan fingerprint density at radius 1 is 0.886 bits per heavy atom. The predicted octanol–water partition coefficient (Wildman–Crippen LogP) is 7.03. The molecular weight excluding hydrogens is 456 g/mol. The van der Waals surface area contributed by atoms with E-state index < -0.39 is 8.32 Å². The van der Waals surface area contributed by atoms with E-state index in [0.29, 0.717) is 25.2 Å². The number of hydrogen-bond acceptors (Lipinski definition) is 5. The summed E-state index contributed by atoms with van der Waals surface area (Å²) in [6.45, 7) is 13.8. The van der Waals surface area contributed by atoms with Gasteiger partial charge in [0.2, 0.25) is 0 Å². The molecule has 3 rings (SSSR count). The van der Waals surface area contributed by atoms with Crippen molar-refractivity contribution in [1.29, 1.82) is 0 Å². The number of phenolic OH excluding ortho intramolecular Hbond substituents is 1. The molecule has 0 saturated heterocycles. The van der Waals surface area contributed by atoms with Gasteiger partial charge >= 0.3 is 0 Å². The SMILES string of the molecule is COc1ccc(Cc2c(O)c(CCO[Si](C)(C)C(C)(C)C)cc3c(OC)c(C)c(OC)cc23)cc1. The van der Waals surface area contributed by atoms with Gasteiger partial charge in [0.25, 0.3) is 0 Å². The fourth-order valence-electron chi connectivity index (χ4n) is 4.13. The van der Waals surface area contributed by atoms with Crippen LogP contribution >= 0.6 is 0 Å². The van der Waals surface area contributed by atoms with E-state index in [0.717, 1.165) is 50.3 Å². The van der Waals surface area contributed by atoms with Crippen molar-refractivity contribution in [1.82, 2.24) is 0 Å². The first-order valence-electron chi connectivity index (χ1n) is 12.1. The second-order valence-corrected chi connectivity index (χ2v) is 15.4. The lowest BCUT2D eigenvalue weighted by molar-refractivity contribution is 0.290. The normalized spacial score (nSPS) is 12.1. The van der Waals surface area contributed by atoms with Crippen LogP contribution in [-0.2, 0) is 17.3 Å². The quantitative estimate of drug-likeness (QED) is 0.322. The van der Waals surface area contributed by atoms with E-state index in [4.69, 9.17) is 18.6 Å². The fourth-order valence-corrected chi connectivity index (χ4v) is 5.18. The Labute approximate surface area is 211 Å². The minimum atomic E-state index is -1.89. The molecule has 5 nitrogen and oxygen atoms in total. The van der Waals surface area contributed by atoms with E-state index in [2.05, 4.69) is 33.9 Å². The van der Waals surface area contributed by atoms with Crippen LogP contribution < -0.4 is 14.2 Å². The highest BCUT2D eigenvalue weighted by molar-refractivity contribution is 6.74. The number of methoxy groups -OCH3 is 3. The third-order valence-electron chi connectivity index (χ3n) is 7.36. The molecule has 1 N–H and O–H groups in total. The number of rotatable bonds is 9. The molecule has 0 fully saturated rings. The van der Waals surface area contributed by atoms with Gasteiger partial charge in [-0.15, -0.1) is 0 Å². The van der Waals surface area contributed by atoms with Crippen LogP contribution in [0.1, 0.15) is 43.0 Å². The van der Waals surface area contributed by atoms with Crippen LogP contribution in [0.15, 0.2) is 36.4 Å². The van der Waals surface area contributed by atoms with Gasteiger partial charge in [-0.05, 0) is 72.3 Å². The molecule has 0 radical (unpaired) electrons. The summed E-state index contributed by atoms with van der Waals surface area (Å²) in [7, 11) is 3.10. The number of benzene rings is 3. The van der Waals surface area contributed by atoms with Crippen molar-refractivity contribution in [3.05, 3.63) is 58.7 Å². The van der Waals surface area contributed by atoms with Crippen LogP contribution in [0.4, 0.5) is 0 Å². The van der Waals surface area contributed by atoms with Gasteiger partial charge in [-0.3, -0.25) is 0 Å². The molecule has 190 valence electrons. The van der Waals surface area contributed by atoms with Crippen molar-refractivity contribution in [2.24, 2.45) is 0 Å². The molecule has 0 aliphatic heterocycles. The highest BCUT2D eigenvalue weighted by Gasteiger charge is 2.37. The van der Waals surface area contributed by atoms with Crippen LogP contribution in [0.3, 0.4) is 0 Å². The van der Waals surface area contributed by atoms with Gasteiger partial charge in [-0.2, -0.15) is 0 Å². The minimum Gasteiger partial charge on any atom is -0.507 e. The molecule has 0 heterocycles. The summed E-state index contributed by atoms with van der Waals surface area (Å²) in [4.78, 5) is 0. The van der Waals surface area contributed by atoms with Crippen LogP contribution in [-0.4, -0.2) is 41.4 Å². The van der Waals surface area contributed by atoms with Crippen molar-refractivity contribution in [3.8, 4) is 23.0 Å². The standard InChI is InChI=1S/C29H40O5Si/c1-19-26(32-6)18-23-24(16-20-10-12-22(31-5)13-11-20)27(30)21(17-25(23)28(19)33-7)14-15-34-35(8,9)29(2,3)4/h10-13,17-18,30H,14-16H2,1-9H3. The molecule has 0 unspecified atom stereocenters. The zero-order valence-electron chi connectivity index (χ0n) is 22.7. The largest absolute Gasteiger partial charge is 0.507 e. The maximum absolute atomic E-state index is 11.5. The molecule has 3 aromatic carbocycles. The number of aromatic hydroxyl groups is 1. The number of hydrogen-bond donors (Lipinski definition) is 1. The molecule has 6 heteroatoms. The summed E-state index contributed by atoms with van der Waals surface area (Å²) in [5.74, 6) is 2.61. The van der Waals surface area contributed by atoms with Crippen molar-refractivity contribution in [2.45, 2.75) is 58.7 Å². The summed E-state index contributed by atoms with van der Waals surface area (Å²) in [5.41, 5.74) is 3.73. The van der Waals surface area contributed by atoms with E-state index in [-0.39, 0.29) is 5.04 Å². The Bertz CT molecular complexity index is 1180. The molecule has 0 saturated carbocycles. The predicted molar refractivity (Wildman–Crippen MR) is 146 cm³/mol. The molecule has 0 aliphatic carbocycles. The molecule has 0 aliphatic rings. The Balaban J connectivity index is 2.11. The van der Waals surface area contributed by atoms with Crippen LogP contribution in [0.25, 0.3) is 10.8 Å². The van der Waals surface area contributed by atoms with Gasteiger partial charge in [0.1, 0.15) is 23.0 Å². The van der Waals surface area contributed by atoms with E-state index >= 15 is 0 Å². The maximum atomic E-state index is 11.5. The van der Waals surface area contributed by atoms with Gasteiger partial charge in [0.05, 0.1) is 21.3 Å². The molecular formula is C29H40O5Si. The monoisotopic (exact) mass is 496 g/mol. The van der Waals surface area contributed by atoms with Gasteiger partial charge in [0, 0.05) is 29.5 Å².